The fraction of sp³-hybridized carbons (Fsp3) is 1.00. The molecule has 1 aliphatic rings. The third-order valence-corrected chi connectivity index (χ3v) is 3.43. The summed E-state index contributed by atoms with van der Waals surface area (Å²) in [5, 5.41) is 0. The largest absolute Gasteiger partial charge is 0.370 e. The van der Waals surface area contributed by atoms with E-state index in [1.165, 1.54) is 0 Å². The summed E-state index contributed by atoms with van der Waals surface area (Å²) >= 11 is 17.2. The van der Waals surface area contributed by atoms with Gasteiger partial charge >= 0.3 is 0 Å². The predicted octanol–water partition coefficient (Wildman–Crippen LogP) is 3.81. The van der Waals surface area contributed by atoms with Crippen molar-refractivity contribution in [3.05, 3.63) is 0 Å². The molecule has 4 heteroatoms. The molecule has 0 aromatic carbocycles. The van der Waals surface area contributed by atoms with Crippen molar-refractivity contribution in [2.75, 3.05) is 6.61 Å². The van der Waals surface area contributed by atoms with Crippen LogP contribution in [0.1, 0.15) is 27.2 Å². The highest BCUT2D eigenvalue weighted by Crippen LogP contribution is 2.43. The molecule has 1 saturated heterocycles. The van der Waals surface area contributed by atoms with Crippen LogP contribution in [0.2, 0.25) is 0 Å². The highest BCUT2D eigenvalue weighted by atomic mass is 35.6. The van der Waals surface area contributed by atoms with E-state index in [9.17, 15) is 0 Å². The van der Waals surface area contributed by atoms with Crippen LogP contribution in [-0.4, -0.2) is 16.0 Å². The highest BCUT2D eigenvalue weighted by molar-refractivity contribution is 6.67. The van der Waals surface area contributed by atoms with Crippen LogP contribution in [0.15, 0.2) is 0 Å². The Morgan fingerprint density at radius 2 is 1.85 bits per heavy atom. The lowest BCUT2D eigenvalue weighted by Crippen LogP contribution is -2.27. The molecule has 1 heterocycles. The SMILES string of the molecule is CC(CC(Cl)(Cl)Cl)C(C)C1(C)CO1. The Morgan fingerprint density at radius 3 is 2.15 bits per heavy atom. The van der Waals surface area contributed by atoms with Gasteiger partial charge in [0.25, 0.3) is 0 Å². The van der Waals surface area contributed by atoms with E-state index in [2.05, 4.69) is 20.8 Å². The molecule has 3 atom stereocenters. The van der Waals surface area contributed by atoms with Gasteiger partial charge in [-0.3, -0.25) is 0 Å². The van der Waals surface area contributed by atoms with Crippen LogP contribution in [0.4, 0.5) is 0 Å². The van der Waals surface area contributed by atoms with Crippen LogP contribution >= 0.6 is 34.8 Å². The number of epoxide rings is 1. The first-order valence-corrected chi connectivity index (χ1v) is 5.59. The van der Waals surface area contributed by atoms with Gasteiger partial charge < -0.3 is 4.74 Å². The van der Waals surface area contributed by atoms with Crippen LogP contribution in [0.3, 0.4) is 0 Å². The van der Waals surface area contributed by atoms with Crippen molar-refractivity contribution in [2.24, 2.45) is 11.8 Å². The molecule has 0 aliphatic carbocycles. The van der Waals surface area contributed by atoms with Crippen LogP contribution in [0.25, 0.3) is 0 Å². The van der Waals surface area contributed by atoms with Gasteiger partial charge in [-0.05, 0) is 25.2 Å². The van der Waals surface area contributed by atoms with Crippen molar-refractivity contribution < 1.29 is 4.74 Å². The zero-order valence-electron chi connectivity index (χ0n) is 8.11. The smallest absolute Gasteiger partial charge is 0.190 e. The first-order valence-electron chi connectivity index (χ1n) is 4.45. The van der Waals surface area contributed by atoms with Crippen molar-refractivity contribution in [2.45, 2.75) is 36.6 Å². The molecule has 1 nitrogen and oxygen atoms in total. The molecule has 78 valence electrons. The Morgan fingerprint density at radius 1 is 1.38 bits per heavy atom. The van der Waals surface area contributed by atoms with Gasteiger partial charge in [-0.1, -0.05) is 48.7 Å². The average Bonchev–Trinajstić information content (AvgIpc) is 2.64. The second-order valence-electron chi connectivity index (χ2n) is 4.19. The van der Waals surface area contributed by atoms with E-state index in [1.54, 1.807) is 0 Å². The van der Waals surface area contributed by atoms with E-state index in [4.69, 9.17) is 39.5 Å². The van der Waals surface area contributed by atoms with Gasteiger partial charge in [-0.2, -0.15) is 0 Å². The van der Waals surface area contributed by atoms with E-state index < -0.39 is 3.79 Å². The molecular weight excluding hydrogens is 230 g/mol. The first kappa shape index (κ1) is 11.9. The second kappa shape index (κ2) is 3.77. The second-order valence-corrected chi connectivity index (χ2v) is 6.70. The normalized spacial score (nSPS) is 32.8. The van der Waals surface area contributed by atoms with Crippen LogP contribution in [-0.2, 0) is 4.74 Å². The average molecular weight is 246 g/mol. The van der Waals surface area contributed by atoms with Crippen molar-refractivity contribution >= 4 is 34.8 Å². The van der Waals surface area contributed by atoms with Gasteiger partial charge in [0, 0.05) is 0 Å². The van der Waals surface area contributed by atoms with Gasteiger partial charge in [0.05, 0.1) is 12.2 Å². The van der Waals surface area contributed by atoms with E-state index in [1.807, 2.05) is 0 Å². The molecular formula is C9H15Cl3O. The van der Waals surface area contributed by atoms with Crippen molar-refractivity contribution in [1.82, 2.24) is 0 Å². The molecule has 1 rings (SSSR count). The van der Waals surface area contributed by atoms with Crippen LogP contribution < -0.4 is 0 Å². The quantitative estimate of drug-likeness (QED) is 0.544. The number of alkyl halides is 3. The summed E-state index contributed by atoms with van der Waals surface area (Å²) in [6, 6.07) is 0. The molecule has 0 radical (unpaired) electrons. The van der Waals surface area contributed by atoms with Gasteiger partial charge in [0.2, 0.25) is 0 Å². The number of hydrogen-bond donors (Lipinski definition) is 0. The molecule has 0 N–H and O–H groups in total. The fourth-order valence-electron chi connectivity index (χ4n) is 1.52. The van der Waals surface area contributed by atoms with Crippen molar-refractivity contribution in [1.29, 1.82) is 0 Å². The molecule has 1 aliphatic heterocycles. The summed E-state index contributed by atoms with van der Waals surface area (Å²) in [6.07, 6.45) is 0.581. The Kier molecular flexibility index (Phi) is 3.45. The molecule has 0 aromatic rings. The zero-order chi connectivity index (χ0) is 10.3. The summed E-state index contributed by atoms with van der Waals surface area (Å²) in [4.78, 5) is 0. The fourth-order valence-corrected chi connectivity index (χ4v) is 2.25. The van der Waals surface area contributed by atoms with E-state index in [0.717, 1.165) is 6.61 Å². The maximum atomic E-state index is 5.73. The number of halogens is 3. The van der Waals surface area contributed by atoms with Crippen LogP contribution in [0.5, 0.6) is 0 Å². The Labute approximate surface area is 94.7 Å². The van der Waals surface area contributed by atoms with Crippen LogP contribution in [0, 0.1) is 11.8 Å². The minimum Gasteiger partial charge on any atom is -0.370 e. The third kappa shape index (κ3) is 3.47. The third-order valence-electron chi connectivity index (χ3n) is 2.97. The minimum atomic E-state index is -1.14. The zero-order valence-corrected chi connectivity index (χ0v) is 10.4. The molecule has 0 saturated carbocycles. The lowest BCUT2D eigenvalue weighted by atomic mass is 9.84. The summed E-state index contributed by atoms with van der Waals surface area (Å²) < 4.78 is 4.22. The topological polar surface area (TPSA) is 12.5 Å². The molecule has 13 heavy (non-hydrogen) atoms. The first-order chi connectivity index (χ1) is 5.75. The predicted molar refractivity (Wildman–Crippen MR) is 57.6 cm³/mol. The molecule has 0 aromatic heterocycles. The maximum Gasteiger partial charge on any atom is 0.190 e. The standard InChI is InChI=1S/C9H15Cl3O/c1-6(4-9(10,11)12)7(2)8(3)5-13-8/h6-7H,4-5H2,1-3H3. The van der Waals surface area contributed by atoms with E-state index in [-0.39, 0.29) is 5.60 Å². The number of hydrogen-bond acceptors (Lipinski definition) is 1. The summed E-state index contributed by atoms with van der Waals surface area (Å²) in [7, 11) is 0. The monoisotopic (exact) mass is 244 g/mol. The molecule has 1 fully saturated rings. The number of ether oxygens (including phenoxy) is 1. The summed E-state index contributed by atoms with van der Waals surface area (Å²) in [5.74, 6) is 0.795. The van der Waals surface area contributed by atoms with E-state index >= 15 is 0 Å². The van der Waals surface area contributed by atoms with Gasteiger partial charge in [0.15, 0.2) is 3.79 Å². The Bertz CT molecular complexity index is 184. The summed E-state index contributed by atoms with van der Waals surface area (Å²) in [6.45, 7) is 7.18. The molecule has 0 amide bonds. The molecule has 3 unspecified atom stereocenters. The van der Waals surface area contributed by atoms with Crippen molar-refractivity contribution in [3.63, 3.8) is 0 Å². The minimum absolute atomic E-state index is 0.0231. The lowest BCUT2D eigenvalue weighted by molar-refractivity contribution is 0.191. The maximum absolute atomic E-state index is 5.73. The lowest BCUT2D eigenvalue weighted by Gasteiger charge is -2.26. The van der Waals surface area contributed by atoms with Crippen molar-refractivity contribution in [3.8, 4) is 0 Å². The van der Waals surface area contributed by atoms with Gasteiger partial charge in [0.1, 0.15) is 0 Å². The Hall–Kier alpha value is 0.830. The molecule has 0 spiro atoms. The Balaban J connectivity index is 2.43. The number of rotatable bonds is 3. The van der Waals surface area contributed by atoms with Gasteiger partial charge in [-0.25, -0.2) is 0 Å². The highest BCUT2D eigenvalue weighted by Gasteiger charge is 2.47. The van der Waals surface area contributed by atoms with Gasteiger partial charge in [-0.15, -0.1) is 0 Å². The molecule has 0 bridgehead atoms. The summed E-state index contributed by atoms with van der Waals surface area (Å²) in [5.41, 5.74) is 0.0231. The van der Waals surface area contributed by atoms with E-state index in [0.29, 0.717) is 18.3 Å².